The van der Waals surface area contributed by atoms with E-state index in [1.54, 1.807) is 27.7 Å². The highest BCUT2D eigenvalue weighted by atomic mass is 31.1. The van der Waals surface area contributed by atoms with Gasteiger partial charge in [-0.2, -0.15) is 0 Å². The van der Waals surface area contributed by atoms with Crippen molar-refractivity contribution >= 4 is 16.1 Å². The van der Waals surface area contributed by atoms with Crippen LogP contribution in [0.3, 0.4) is 0 Å². The second-order valence-electron chi connectivity index (χ2n) is 8.20. The summed E-state index contributed by atoms with van der Waals surface area (Å²) >= 11 is 0. The fourth-order valence-corrected chi connectivity index (χ4v) is 3.91. The molecule has 30 heavy (non-hydrogen) atoms. The Morgan fingerprint density at radius 3 is 1.13 bits per heavy atom. The van der Waals surface area contributed by atoms with Crippen molar-refractivity contribution in [2.75, 3.05) is 0 Å². The fraction of sp³-hybridized carbons (Fsp3) is 0.455. The van der Waals surface area contributed by atoms with E-state index in [0.717, 1.165) is 22.3 Å². The van der Waals surface area contributed by atoms with Crippen LogP contribution in [0.4, 0.5) is 0 Å². The number of hydrogen-bond acceptors (Lipinski definition) is 6. The van der Waals surface area contributed by atoms with E-state index in [1.165, 1.54) is 0 Å². The maximum absolute atomic E-state index is 12.7. The summed E-state index contributed by atoms with van der Waals surface area (Å²) in [4.78, 5) is 0. The van der Waals surface area contributed by atoms with E-state index < -0.39 is 26.7 Å². The summed E-state index contributed by atoms with van der Waals surface area (Å²) in [5, 5.41) is -2.39. The molecule has 2 unspecified atom stereocenters. The van der Waals surface area contributed by atoms with Gasteiger partial charge in [0, 0.05) is 27.7 Å². The maximum Gasteiger partial charge on any atom is 0.591 e. The quantitative estimate of drug-likeness (QED) is 0.226. The molecule has 0 saturated heterocycles. The van der Waals surface area contributed by atoms with Crippen molar-refractivity contribution in [1.82, 2.24) is 0 Å². The molecule has 0 amide bonds. The third-order valence-electron chi connectivity index (χ3n) is 4.57. The van der Waals surface area contributed by atoms with Crippen LogP contribution in [0.15, 0.2) is 36.4 Å². The lowest BCUT2D eigenvalue weighted by atomic mass is 10.1. The molecule has 0 heterocycles. The molecule has 2 aromatic carbocycles. The Hall–Kier alpha value is -1.84. The molecule has 0 bridgehead atoms. The minimum absolute atomic E-state index is 0.637. The summed E-state index contributed by atoms with van der Waals surface area (Å²) in [7, 11) is -4.91. The lowest BCUT2D eigenvalue weighted by molar-refractivity contribution is -0.0985. The van der Waals surface area contributed by atoms with Gasteiger partial charge in [0.1, 0.15) is 11.5 Å². The molecule has 0 aliphatic heterocycles. The third-order valence-corrected chi connectivity index (χ3v) is 7.05. The Bertz CT molecular complexity index is 835. The van der Waals surface area contributed by atoms with Crippen molar-refractivity contribution in [3.05, 3.63) is 58.7 Å². The average molecular weight is 452 g/mol. The Morgan fingerprint density at radius 2 is 0.867 bits per heavy atom. The second-order valence-corrected chi connectivity index (χ2v) is 11.7. The molecule has 0 saturated carbocycles. The van der Waals surface area contributed by atoms with Gasteiger partial charge >= 0.3 is 26.7 Å². The first-order valence-corrected chi connectivity index (χ1v) is 12.0. The van der Waals surface area contributed by atoms with E-state index in [0.29, 0.717) is 11.5 Å². The predicted molar refractivity (Wildman–Crippen MR) is 119 cm³/mol. The summed E-state index contributed by atoms with van der Waals surface area (Å²) < 4.78 is 47.4. The van der Waals surface area contributed by atoms with Gasteiger partial charge in [-0.3, -0.25) is 0 Å². The predicted octanol–water partition coefficient (Wildman–Crippen LogP) is 7.28. The molecule has 2 rings (SSSR count). The number of hydrogen-bond donors (Lipinski definition) is 0. The minimum atomic E-state index is -2.46. The lowest BCUT2D eigenvalue weighted by Gasteiger charge is -2.19. The average Bonchev–Trinajstić information content (AvgIpc) is 2.65. The Labute approximate surface area is 180 Å². The summed E-state index contributed by atoms with van der Waals surface area (Å²) in [5.74, 6) is 1.27. The molecule has 6 nitrogen and oxygen atoms in total. The highest BCUT2D eigenvalue weighted by Crippen LogP contribution is 2.49. The Morgan fingerprint density at radius 1 is 0.600 bits per heavy atom. The van der Waals surface area contributed by atoms with Crippen molar-refractivity contribution in [2.45, 2.75) is 66.1 Å². The maximum atomic E-state index is 12.7. The SMILES string of the molecule is Cc1cccc(C)c1OC(C)(C)[P+](=O)OO[P+](=O)C(C)(C)Oc1c(C)cccc1C. The number of aryl methyl sites for hydroxylation is 4. The van der Waals surface area contributed by atoms with E-state index >= 15 is 0 Å². The molecule has 8 heteroatoms. The topological polar surface area (TPSA) is 71.1 Å². The Kier molecular flexibility index (Phi) is 7.76. The van der Waals surface area contributed by atoms with Crippen molar-refractivity contribution in [1.29, 1.82) is 0 Å². The highest BCUT2D eigenvalue weighted by Gasteiger charge is 2.53. The van der Waals surface area contributed by atoms with Crippen molar-refractivity contribution in [3.8, 4) is 11.5 Å². The van der Waals surface area contributed by atoms with Gasteiger partial charge in [-0.25, -0.2) is 0 Å². The highest BCUT2D eigenvalue weighted by molar-refractivity contribution is 7.43. The zero-order valence-electron chi connectivity index (χ0n) is 18.8. The van der Waals surface area contributed by atoms with E-state index in [-0.39, 0.29) is 0 Å². The van der Waals surface area contributed by atoms with Gasteiger partial charge in [-0.1, -0.05) is 36.4 Å². The van der Waals surface area contributed by atoms with Crippen molar-refractivity contribution in [3.63, 3.8) is 0 Å². The summed E-state index contributed by atoms with van der Waals surface area (Å²) in [6.45, 7) is 14.2. The first-order chi connectivity index (χ1) is 13.8. The molecular formula is C22H30O6P2+2. The van der Waals surface area contributed by atoms with Gasteiger partial charge in [-0.05, 0) is 59.1 Å². The van der Waals surface area contributed by atoms with Crippen LogP contribution in [0.5, 0.6) is 11.5 Å². The normalized spacial score (nSPS) is 13.1. The van der Waals surface area contributed by atoms with Crippen LogP contribution in [0.2, 0.25) is 0 Å². The van der Waals surface area contributed by atoms with Crippen LogP contribution in [-0.2, 0) is 18.5 Å². The third kappa shape index (κ3) is 5.86. The van der Waals surface area contributed by atoms with Gasteiger partial charge in [-0.15, -0.1) is 0 Å². The van der Waals surface area contributed by atoms with Crippen molar-refractivity contribution in [2.24, 2.45) is 0 Å². The molecule has 162 valence electrons. The first kappa shape index (κ1) is 24.4. The van der Waals surface area contributed by atoms with Crippen LogP contribution < -0.4 is 9.47 Å². The molecule has 0 aliphatic carbocycles. The van der Waals surface area contributed by atoms with E-state index in [1.807, 2.05) is 64.1 Å². The summed E-state index contributed by atoms with van der Waals surface area (Å²) in [6.07, 6.45) is 0. The van der Waals surface area contributed by atoms with Crippen LogP contribution >= 0.6 is 16.1 Å². The molecule has 0 N–H and O–H groups in total. The minimum Gasteiger partial charge on any atom is -0.442 e. The molecule has 0 aromatic heterocycles. The second kappa shape index (κ2) is 9.53. The van der Waals surface area contributed by atoms with Crippen LogP contribution in [0.1, 0.15) is 49.9 Å². The van der Waals surface area contributed by atoms with Crippen LogP contribution in [0, 0.1) is 27.7 Å². The largest absolute Gasteiger partial charge is 0.591 e. The van der Waals surface area contributed by atoms with E-state index in [9.17, 15) is 9.13 Å². The number of benzene rings is 2. The van der Waals surface area contributed by atoms with E-state index in [2.05, 4.69) is 0 Å². The fourth-order valence-electron chi connectivity index (χ4n) is 2.73. The molecule has 2 atom stereocenters. The Balaban J connectivity index is 2.04. The number of rotatable bonds is 9. The summed E-state index contributed by atoms with van der Waals surface area (Å²) in [5.41, 5.74) is 3.67. The van der Waals surface area contributed by atoms with Gasteiger partial charge in [0.15, 0.2) is 0 Å². The molecule has 0 spiro atoms. The molecule has 0 aliphatic rings. The van der Waals surface area contributed by atoms with Gasteiger partial charge in [0.05, 0.1) is 9.35 Å². The van der Waals surface area contributed by atoms with Crippen LogP contribution in [-0.4, -0.2) is 10.7 Å². The standard InChI is InChI=1S/C22H30O6P2/c1-15-11-9-12-16(2)19(15)25-21(5,6)29(23)27-28-30(24)22(7,8)26-20-17(3)13-10-14-18(20)4/h9-14H,1-8H3/q+2. The molecule has 0 fully saturated rings. The lowest BCUT2D eigenvalue weighted by Crippen LogP contribution is -2.26. The summed E-state index contributed by atoms with van der Waals surface area (Å²) in [6, 6.07) is 11.5. The first-order valence-electron chi connectivity index (χ1n) is 9.65. The van der Waals surface area contributed by atoms with E-state index in [4.69, 9.17) is 18.8 Å². The number of ether oxygens (including phenoxy) is 2. The molecular weight excluding hydrogens is 422 g/mol. The van der Waals surface area contributed by atoms with Gasteiger partial charge in [0.25, 0.3) is 0 Å². The smallest absolute Gasteiger partial charge is 0.442 e. The van der Waals surface area contributed by atoms with Crippen LogP contribution in [0.25, 0.3) is 0 Å². The van der Waals surface area contributed by atoms with Gasteiger partial charge < -0.3 is 9.47 Å². The number of para-hydroxylation sites is 2. The monoisotopic (exact) mass is 452 g/mol. The van der Waals surface area contributed by atoms with Crippen molar-refractivity contribution < 1.29 is 28.0 Å². The van der Waals surface area contributed by atoms with Gasteiger partial charge in [0.2, 0.25) is 0 Å². The molecule has 2 aromatic rings. The molecule has 0 radical (unpaired) electrons. The zero-order chi connectivity index (χ0) is 22.7. The zero-order valence-corrected chi connectivity index (χ0v) is 20.6.